The summed E-state index contributed by atoms with van der Waals surface area (Å²) in [5, 5.41) is 3.60. The van der Waals surface area contributed by atoms with Gasteiger partial charge in [-0.05, 0) is 12.1 Å². The van der Waals surface area contributed by atoms with E-state index in [1.165, 1.54) is 6.20 Å². The highest BCUT2D eigenvalue weighted by Gasteiger charge is 2.04. The van der Waals surface area contributed by atoms with Crippen molar-refractivity contribution in [2.75, 3.05) is 17.9 Å². The molecular weight excluding hydrogens is 254 g/mol. The zero-order valence-electron chi connectivity index (χ0n) is 9.64. The fourth-order valence-electron chi connectivity index (χ4n) is 1.36. The lowest BCUT2D eigenvalue weighted by molar-refractivity contribution is 0.415. The van der Waals surface area contributed by atoms with Gasteiger partial charge in [-0.3, -0.25) is 4.98 Å². The highest BCUT2D eigenvalue weighted by atomic mass is 35.5. The van der Waals surface area contributed by atoms with Crippen molar-refractivity contribution < 1.29 is 4.74 Å². The first kappa shape index (κ1) is 12.4. The Labute approximate surface area is 109 Å². The van der Waals surface area contributed by atoms with E-state index >= 15 is 0 Å². The number of ether oxygens (including phenoxy) is 1. The molecule has 4 N–H and O–H groups in total. The van der Waals surface area contributed by atoms with Crippen molar-refractivity contribution in [1.82, 2.24) is 9.97 Å². The van der Waals surface area contributed by atoms with Crippen LogP contribution in [-0.2, 0) is 0 Å². The van der Waals surface area contributed by atoms with Gasteiger partial charge in [-0.15, -0.1) is 0 Å². The van der Waals surface area contributed by atoms with E-state index in [9.17, 15) is 0 Å². The van der Waals surface area contributed by atoms with Gasteiger partial charge in [-0.2, -0.15) is 0 Å². The lowest BCUT2D eigenvalue weighted by Gasteiger charge is -2.09. The monoisotopic (exact) mass is 265 g/mol. The van der Waals surface area contributed by atoms with Crippen LogP contribution in [0.4, 0.5) is 17.3 Å². The molecule has 0 aliphatic carbocycles. The van der Waals surface area contributed by atoms with Crippen LogP contribution in [0.15, 0.2) is 30.6 Å². The van der Waals surface area contributed by atoms with Crippen LogP contribution in [0.5, 0.6) is 5.75 Å². The number of nitrogens with one attached hydrogen (secondary N) is 2. The predicted molar refractivity (Wildman–Crippen MR) is 71.1 cm³/mol. The minimum atomic E-state index is 0.457. The summed E-state index contributed by atoms with van der Waals surface area (Å²) in [5.74, 6) is 6.94. The van der Waals surface area contributed by atoms with Gasteiger partial charge in [-0.25, -0.2) is 10.8 Å². The lowest BCUT2D eigenvalue weighted by Crippen LogP contribution is -2.09. The number of aromatic nitrogens is 2. The standard InChI is InChI=1S/C11H12ClN5O/c1-18-7-2-3-8(12)9(4-7)15-10-5-14-6-11(16-10)17-13/h2-6H,13H2,1H3,(H2,15,16,17). The van der Waals surface area contributed by atoms with Crippen LogP contribution < -0.4 is 21.3 Å². The van der Waals surface area contributed by atoms with Crippen LogP contribution >= 0.6 is 11.6 Å². The molecule has 2 aromatic rings. The Hall–Kier alpha value is -2.05. The van der Waals surface area contributed by atoms with Crippen LogP contribution in [-0.4, -0.2) is 17.1 Å². The van der Waals surface area contributed by atoms with Gasteiger partial charge >= 0.3 is 0 Å². The van der Waals surface area contributed by atoms with E-state index in [0.29, 0.717) is 28.1 Å². The molecule has 18 heavy (non-hydrogen) atoms. The summed E-state index contributed by atoms with van der Waals surface area (Å²) in [6, 6.07) is 5.28. The van der Waals surface area contributed by atoms with Gasteiger partial charge in [-0.1, -0.05) is 11.6 Å². The summed E-state index contributed by atoms with van der Waals surface area (Å²) >= 11 is 6.07. The third-order valence-electron chi connectivity index (χ3n) is 2.22. The van der Waals surface area contributed by atoms with Gasteiger partial charge in [0.15, 0.2) is 11.6 Å². The second-order valence-corrected chi connectivity index (χ2v) is 3.81. The number of halogens is 1. The molecule has 0 radical (unpaired) electrons. The van der Waals surface area contributed by atoms with E-state index in [4.69, 9.17) is 22.2 Å². The van der Waals surface area contributed by atoms with Crippen LogP contribution in [0.1, 0.15) is 0 Å². The third-order valence-corrected chi connectivity index (χ3v) is 2.55. The maximum atomic E-state index is 6.07. The summed E-state index contributed by atoms with van der Waals surface area (Å²) < 4.78 is 5.13. The van der Waals surface area contributed by atoms with E-state index in [-0.39, 0.29) is 0 Å². The summed E-state index contributed by atoms with van der Waals surface area (Å²) in [7, 11) is 1.59. The first-order valence-electron chi connectivity index (χ1n) is 5.12. The van der Waals surface area contributed by atoms with Crippen molar-refractivity contribution >= 4 is 28.9 Å². The first-order valence-corrected chi connectivity index (χ1v) is 5.50. The fraction of sp³-hybridized carbons (Fsp3) is 0.0909. The Bertz CT molecular complexity index is 549. The quantitative estimate of drug-likeness (QED) is 0.580. The summed E-state index contributed by atoms with van der Waals surface area (Å²) in [4.78, 5) is 8.16. The zero-order chi connectivity index (χ0) is 13.0. The van der Waals surface area contributed by atoms with E-state index in [0.717, 1.165) is 0 Å². The van der Waals surface area contributed by atoms with Gasteiger partial charge in [0.2, 0.25) is 0 Å². The Kier molecular flexibility index (Phi) is 3.81. The molecule has 0 spiro atoms. The molecule has 0 amide bonds. The largest absolute Gasteiger partial charge is 0.497 e. The highest BCUT2D eigenvalue weighted by Crippen LogP contribution is 2.28. The molecule has 1 heterocycles. The number of methoxy groups -OCH3 is 1. The van der Waals surface area contributed by atoms with E-state index < -0.39 is 0 Å². The number of hydrogen-bond donors (Lipinski definition) is 3. The van der Waals surface area contributed by atoms with Gasteiger partial charge < -0.3 is 15.5 Å². The maximum Gasteiger partial charge on any atom is 0.160 e. The molecule has 0 fully saturated rings. The van der Waals surface area contributed by atoms with Gasteiger partial charge in [0.25, 0.3) is 0 Å². The van der Waals surface area contributed by atoms with Crippen molar-refractivity contribution in [3.8, 4) is 5.75 Å². The van der Waals surface area contributed by atoms with Crippen molar-refractivity contribution in [3.05, 3.63) is 35.6 Å². The number of rotatable bonds is 4. The molecule has 6 nitrogen and oxygen atoms in total. The smallest absolute Gasteiger partial charge is 0.160 e. The van der Waals surface area contributed by atoms with E-state index in [2.05, 4.69) is 20.7 Å². The molecule has 0 atom stereocenters. The molecule has 94 valence electrons. The Morgan fingerprint density at radius 3 is 2.78 bits per heavy atom. The number of hydrazine groups is 1. The van der Waals surface area contributed by atoms with Gasteiger partial charge in [0.1, 0.15) is 5.75 Å². The van der Waals surface area contributed by atoms with Crippen molar-refractivity contribution in [2.24, 2.45) is 5.84 Å². The molecule has 2 rings (SSSR count). The van der Waals surface area contributed by atoms with E-state index in [1.54, 1.807) is 31.5 Å². The zero-order valence-corrected chi connectivity index (χ0v) is 10.4. The molecule has 1 aromatic heterocycles. The highest BCUT2D eigenvalue weighted by molar-refractivity contribution is 6.33. The molecule has 0 saturated heterocycles. The Morgan fingerprint density at radius 1 is 1.28 bits per heavy atom. The predicted octanol–water partition coefficient (Wildman–Crippen LogP) is 2.17. The summed E-state index contributed by atoms with van der Waals surface area (Å²) in [5.41, 5.74) is 3.10. The Balaban J connectivity index is 2.27. The van der Waals surface area contributed by atoms with Crippen molar-refractivity contribution in [3.63, 3.8) is 0 Å². The average Bonchev–Trinajstić information content (AvgIpc) is 2.41. The maximum absolute atomic E-state index is 6.07. The van der Waals surface area contributed by atoms with Gasteiger partial charge in [0, 0.05) is 6.07 Å². The molecule has 0 aliphatic heterocycles. The number of benzene rings is 1. The van der Waals surface area contributed by atoms with E-state index in [1.807, 2.05) is 0 Å². The molecule has 7 heteroatoms. The van der Waals surface area contributed by atoms with Crippen molar-refractivity contribution in [2.45, 2.75) is 0 Å². The second-order valence-electron chi connectivity index (χ2n) is 3.40. The number of nitrogen functional groups attached to an aromatic ring is 1. The first-order chi connectivity index (χ1) is 8.72. The van der Waals surface area contributed by atoms with Crippen LogP contribution in [0.3, 0.4) is 0 Å². The molecule has 0 bridgehead atoms. The number of nitrogens with two attached hydrogens (primary N) is 1. The Morgan fingerprint density at radius 2 is 2.06 bits per heavy atom. The molecule has 0 saturated carbocycles. The van der Waals surface area contributed by atoms with Crippen LogP contribution in [0.25, 0.3) is 0 Å². The molecule has 0 unspecified atom stereocenters. The summed E-state index contributed by atoms with van der Waals surface area (Å²) in [6.07, 6.45) is 3.08. The minimum absolute atomic E-state index is 0.457. The normalized spacial score (nSPS) is 9.94. The van der Waals surface area contributed by atoms with Crippen molar-refractivity contribution in [1.29, 1.82) is 0 Å². The number of anilines is 3. The molecule has 0 aliphatic rings. The topological polar surface area (TPSA) is 85.1 Å². The summed E-state index contributed by atoms with van der Waals surface area (Å²) in [6.45, 7) is 0. The second kappa shape index (κ2) is 5.52. The fourth-order valence-corrected chi connectivity index (χ4v) is 1.53. The number of nitrogens with zero attached hydrogens (tertiary/aromatic N) is 2. The average molecular weight is 266 g/mol. The molecular formula is C11H12ClN5O. The van der Waals surface area contributed by atoms with Gasteiger partial charge in [0.05, 0.1) is 30.2 Å². The SMILES string of the molecule is COc1ccc(Cl)c(Nc2cncc(NN)n2)c1. The van der Waals surface area contributed by atoms with Crippen LogP contribution in [0, 0.1) is 0 Å². The third kappa shape index (κ3) is 2.79. The lowest BCUT2D eigenvalue weighted by atomic mass is 10.3. The minimum Gasteiger partial charge on any atom is -0.497 e. The van der Waals surface area contributed by atoms with Crippen LogP contribution in [0.2, 0.25) is 5.02 Å². The number of hydrogen-bond acceptors (Lipinski definition) is 6. The molecule has 1 aromatic carbocycles.